The molecular weight excluding hydrogens is 110 g/mol. The van der Waals surface area contributed by atoms with Crippen LogP contribution in [0.1, 0.15) is 26.7 Å². The van der Waals surface area contributed by atoms with Gasteiger partial charge >= 0.3 is 0 Å². The molecule has 0 bridgehead atoms. The van der Waals surface area contributed by atoms with Gasteiger partial charge in [0, 0.05) is 6.54 Å². The van der Waals surface area contributed by atoms with Gasteiger partial charge in [-0.25, -0.2) is 0 Å². The Morgan fingerprint density at radius 1 is 1.56 bits per heavy atom. The third-order valence-electron chi connectivity index (χ3n) is 2.05. The minimum absolute atomic E-state index is 0.955. The van der Waals surface area contributed by atoms with E-state index in [0.29, 0.717) is 0 Å². The predicted octanol–water partition coefficient (Wildman–Crippen LogP) is 1.74. The topological polar surface area (TPSA) is 3.24 Å². The maximum absolute atomic E-state index is 2.56. The Kier molecular flexibility index (Phi) is 2.52. The lowest BCUT2D eigenvalue weighted by molar-refractivity contribution is 0.328. The van der Waals surface area contributed by atoms with E-state index in [0.717, 1.165) is 5.92 Å². The van der Waals surface area contributed by atoms with Gasteiger partial charge < -0.3 is 4.90 Å². The normalized spacial score (nSPS) is 29.3. The van der Waals surface area contributed by atoms with Crippen molar-refractivity contribution in [3.05, 3.63) is 0 Å². The third-order valence-corrected chi connectivity index (χ3v) is 2.05. The maximum atomic E-state index is 2.56. The van der Waals surface area contributed by atoms with Crippen molar-refractivity contribution in [3.8, 4) is 0 Å². The Labute approximate surface area is 58.0 Å². The zero-order valence-electron chi connectivity index (χ0n) is 6.56. The molecule has 1 saturated heterocycles. The van der Waals surface area contributed by atoms with E-state index < -0.39 is 0 Å². The van der Waals surface area contributed by atoms with E-state index in [-0.39, 0.29) is 0 Å². The molecular formula is C8H17N. The molecule has 0 aromatic carbocycles. The maximum Gasteiger partial charge on any atom is 0.000749 e. The first-order valence-corrected chi connectivity index (χ1v) is 4.05. The lowest BCUT2D eigenvalue weighted by Crippen LogP contribution is -2.20. The molecule has 1 atom stereocenters. The third kappa shape index (κ3) is 1.98. The van der Waals surface area contributed by atoms with Crippen LogP contribution in [0.15, 0.2) is 0 Å². The molecule has 0 aromatic heterocycles. The van der Waals surface area contributed by atoms with E-state index in [4.69, 9.17) is 0 Å². The zero-order valence-corrected chi connectivity index (χ0v) is 6.56. The minimum Gasteiger partial charge on any atom is -0.303 e. The summed E-state index contributed by atoms with van der Waals surface area (Å²) in [5.41, 5.74) is 0. The number of hydrogen-bond acceptors (Lipinski definition) is 1. The Balaban J connectivity index is 2.14. The van der Waals surface area contributed by atoms with Gasteiger partial charge in [0.25, 0.3) is 0 Å². The molecule has 1 heterocycles. The predicted molar refractivity (Wildman–Crippen MR) is 40.5 cm³/mol. The molecule has 0 saturated carbocycles. The Morgan fingerprint density at radius 2 is 2.33 bits per heavy atom. The van der Waals surface area contributed by atoms with Crippen molar-refractivity contribution in [2.45, 2.75) is 26.7 Å². The highest BCUT2D eigenvalue weighted by Gasteiger charge is 2.16. The summed E-state index contributed by atoms with van der Waals surface area (Å²) in [4.78, 5) is 2.56. The summed E-state index contributed by atoms with van der Waals surface area (Å²) in [6, 6.07) is 0. The van der Waals surface area contributed by atoms with Crippen LogP contribution >= 0.6 is 0 Å². The Morgan fingerprint density at radius 3 is 2.78 bits per heavy atom. The first-order valence-electron chi connectivity index (χ1n) is 4.05. The summed E-state index contributed by atoms with van der Waals surface area (Å²) in [5.74, 6) is 0.955. The molecule has 0 aromatic rings. The number of hydrogen-bond donors (Lipinski definition) is 0. The average molecular weight is 127 g/mol. The van der Waals surface area contributed by atoms with Crippen molar-refractivity contribution in [1.82, 2.24) is 4.90 Å². The van der Waals surface area contributed by atoms with Crippen molar-refractivity contribution in [2.75, 3.05) is 19.6 Å². The molecule has 1 aliphatic rings. The number of rotatable bonds is 2. The summed E-state index contributed by atoms with van der Waals surface area (Å²) >= 11 is 0. The highest BCUT2D eigenvalue weighted by molar-refractivity contribution is 4.70. The molecule has 1 fully saturated rings. The largest absolute Gasteiger partial charge is 0.303 e. The lowest BCUT2D eigenvalue weighted by atomic mass is 10.2. The number of likely N-dealkylation sites (tertiary alicyclic amines) is 1. The van der Waals surface area contributed by atoms with Gasteiger partial charge in [0.2, 0.25) is 0 Å². The molecule has 0 N–H and O–H groups in total. The van der Waals surface area contributed by atoms with E-state index in [2.05, 4.69) is 18.7 Å². The second-order valence-corrected chi connectivity index (χ2v) is 3.19. The zero-order chi connectivity index (χ0) is 6.69. The molecule has 1 nitrogen and oxygen atoms in total. The second kappa shape index (κ2) is 3.21. The van der Waals surface area contributed by atoms with Gasteiger partial charge in [-0.2, -0.15) is 0 Å². The van der Waals surface area contributed by atoms with Crippen LogP contribution in [0.5, 0.6) is 0 Å². The van der Waals surface area contributed by atoms with Crippen molar-refractivity contribution in [1.29, 1.82) is 0 Å². The standard InChI is InChI=1S/C8H17N/c1-3-5-9-6-4-8(2)7-9/h8H,3-7H2,1-2H3/t8-/m1/s1. The molecule has 0 radical (unpaired) electrons. The van der Waals surface area contributed by atoms with Crippen LogP contribution in [0.3, 0.4) is 0 Å². The van der Waals surface area contributed by atoms with Crippen LogP contribution in [0.25, 0.3) is 0 Å². The van der Waals surface area contributed by atoms with Crippen LogP contribution in [0.2, 0.25) is 0 Å². The van der Waals surface area contributed by atoms with Gasteiger partial charge in [0.15, 0.2) is 0 Å². The van der Waals surface area contributed by atoms with Crippen molar-refractivity contribution in [3.63, 3.8) is 0 Å². The van der Waals surface area contributed by atoms with Crippen molar-refractivity contribution < 1.29 is 0 Å². The van der Waals surface area contributed by atoms with Gasteiger partial charge in [-0.3, -0.25) is 0 Å². The fourth-order valence-corrected chi connectivity index (χ4v) is 1.55. The summed E-state index contributed by atoms with van der Waals surface area (Å²) in [6.07, 6.45) is 2.73. The highest BCUT2D eigenvalue weighted by atomic mass is 15.1. The van der Waals surface area contributed by atoms with Crippen LogP contribution in [-0.4, -0.2) is 24.5 Å². The summed E-state index contributed by atoms with van der Waals surface area (Å²) in [5, 5.41) is 0. The molecule has 0 spiro atoms. The molecule has 1 rings (SSSR count). The van der Waals surface area contributed by atoms with E-state index in [9.17, 15) is 0 Å². The average Bonchev–Trinajstić information content (AvgIpc) is 2.17. The van der Waals surface area contributed by atoms with Crippen LogP contribution in [0, 0.1) is 5.92 Å². The molecule has 0 unspecified atom stereocenters. The van der Waals surface area contributed by atoms with Gasteiger partial charge in [0.1, 0.15) is 0 Å². The van der Waals surface area contributed by atoms with Gasteiger partial charge in [-0.15, -0.1) is 0 Å². The van der Waals surface area contributed by atoms with E-state index in [1.807, 2.05) is 0 Å². The highest BCUT2D eigenvalue weighted by Crippen LogP contribution is 2.14. The minimum atomic E-state index is 0.955. The van der Waals surface area contributed by atoms with Gasteiger partial charge in [0.05, 0.1) is 0 Å². The lowest BCUT2D eigenvalue weighted by Gasteiger charge is -2.12. The number of nitrogens with zero attached hydrogens (tertiary/aromatic N) is 1. The van der Waals surface area contributed by atoms with E-state index in [1.165, 1.54) is 32.5 Å². The Hall–Kier alpha value is -0.0400. The molecule has 1 heteroatoms. The van der Waals surface area contributed by atoms with Crippen LogP contribution < -0.4 is 0 Å². The summed E-state index contributed by atoms with van der Waals surface area (Å²) in [6.45, 7) is 8.59. The quantitative estimate of drug-likeness (QED) is 0.546. The molecule has 0 amide bonds. The molecule has 0 aliphatic carbocycles. The monoisotopic (exact) mass is 127 g/mol. The molecule has 1 aliphatic heterocycles. The Bertz CT molecular complexity index is 78.6. The van der Waals surface area contributed by atoms with Gasteiger partial charge in [-0.05, 0) is 31.8 Å². The first kappa shape index (κ1) is 7.07. The van der Waals surface area contributed by atoms with Gasteiger partial charge in [-0.1, -0.05) is 13.8 Å². The SMILES string of the molecule is CCCN1CC[C@@H](C)C1. The molecule has 9 heavy (non-hydrogen) atoms. The van der Waals surface area contributed by atoms with Crippen LogP contribution in [-0.2, 0) is 0 Å². The van der Waals surface area contributed by atoms with Crippen LogP contribution in [0.4, 0.5) is 0 Å². The summed E-state index contributed by atoms with van der Waals surface area (Å²) < 4.78 is 0. The van der Waals surface area contributed by atoms with Crippen molar-refractivity contribution in [2.24, 2.45) is 5.92 Å². The van der Waals surface area contributed by atoms with E-state index in [1.54, 1.807) is 0 Å². The fourth-order valence-electron chi connectivity index (χ4n) is 1.55. The second-order valence-electron chi connectivity index (χ2n) is 3.19. The van der Waals surface area contributed by atoms with E-state index >= 15 is 0 Å². The molecule has 54 valence electrons. The smallest absolute Gasteiger partial charge is 0.000749 e. The van der Waals surface area contributed by atoms with Crippen molar-refractivity contribution >= 4 is 0 Å². The first-order chi connectivity index (χ1) is 4.33. The summed E-state index contributed by atoms with van der Waals surface area (Å²) in [7, 11) is 0. The fraction of sp³-hybridized carbons (Fsp3) is 1.00.